The third-order valence-electron chi connectivity index (χ3n) is 5.49. The Hall–Kier alpha value is -3.24. The predicted molar refractivity (Wildman–Crippen MR) is 117 cm³/mol. The lowest BCUT2D eigenvalue weighted by Crippen LogP contribution is -2.44. The van der Waals surface area contributed by atoms with E-state index in [1.807, 2.05) is 28.8 Å². The number of aromatic amines is 1. The summed E-state index contributed by atoms with van der Waals surface area (Å²) in [6, 6.07) is 11.0. The molecule has 9 nitrogen and oxygen atoms in total. The zero-order valence-electron chi connectivity index (χ0n) is 17.2. The number of fused-ring (bicyclic) bond motifs is 1. The van der Waals surface area contributed by atoms with Crippen LogP contribution in [0.2, 0.25) is 0 Å². The van der Waals surface area contributed by atoms with Crippen LogP contribution in [0, 0.1) is 0 Å². The summed E-state index contributed by atoms with van der Waals surface area (Å²) in [4.78, 5) is 7.08. The van der Waals surface area contributed by atoms with Gasteiger partial charge in [0.2, 0.25) is 0 Å². The van der Waals surface area contributed by atoms with Crippen LogP contribution in [0.4, 0.5) is 5.82 Å². The molecule has 1 N–H and O–H groups in total. The Morgan fingerprint density at radius 1 is 1.19 bits per heavy atom. The first-order valence-corrected chi connectivity index (χ1v) is 11.8. The molecule has 0 radical (unpaired) electrons. The molecule has 0 spiro atoms. The summed E-state index contributed by atoms with van der Waals surface area (Å²) in [6.45, 7) is 4.12. The number of sulfone groups is 1. The quantitative estimate of drug-likeness (QED) is 0.522. The van der Waals surface area contributed by atoms with Crippen molar-refractivity contribution in [2.45, 2.75) is 17.9 Å². The molecule has 0 aliphatic carbocycles. The average molecular weight is 439 g/mol. The molecule has 0 bridgehead atoms. The topological polar surface area (TPSA) is 105 Å². The minimum absolute atomic E-state index is 0.179. The van der Waals surface area contributed by atoms with E-state index in [-0.39, 0.29) is 10.9 Å². The van der Waals surface area contributed by atoms with Crippen molar-refractivity contribution in [3.8, 4) is 22.6 Å². The molecule has 10 heteroatoms. The van der Waals surface area contributed by atoms with Gasteiger partial charge in [-0.15, -0.1) is 5.10 Å². The number of benzene rings is 1. The van der Waals surface area contributed by atoms with E-state index in [9.17, 15) is 8.42 Å². The first-order valence-electron chi connectivity index (χ1n) is 9.95. The number of morpholine rings is 1. The number of aromatic nitrogens is 5. The minimum atomic E-state index is -3.27. The van der Waals surface area contributed by atoms with Gasteiger partial charge in [0.05, 0.1) is 35.9 Å². The van der Waals surface area contributed by atoms with Crippen LogP contribution in [-0.4, -0.2) is 65.3 Å². The number of nitrogens with one attached hydrogen (secondary N) is 1. The number of imidazole rings is 1. The van der Waals surface area contributed by atoms with Gasteiger partial charge in [-0.3, -0.25) is 5.10 Å². The van der Waals surface area contributed by atoms with E-state index in [1.165, 1.54) is 6.26 Å². The van der Waals surface area contributed by atoms with Crippen molar-refractivity contribution in [2.75, 3.05) is 30.9 Å². The van der Waals surface area contributed by atoms with Gasteiger partial charge in [0.25, 0.3) is 0 Å². The molecule has 1 aromatic carbocycles. The molecule has 1 saturated heterocycles. The molecule has 1 atom stereocenters. The summed E-state index contributed by atoms with van der Waals surface area (Å²) in [6.07, 6.45) is 4.66. The molecule has 1 aliphatic rings. The highest BCUT2D eigenvalue weighted by Crippen LogP contribution is 2.32. The Morgan fingerprint density at radius 3 is 2.68 bits per heavy atom. The average Bonchev–Trinajstić information content (AvgIpc) is 3.42. The van der Waals surface area contributed by atoms with Crippen molar-refractivity contribution < 1.29 is 13.2 Å². The Labute approximate surface area is 179 Å². The van der Waals surface area contributed by atoms with Crippen LogP contribution < -0.4 is 4.90 Å². The second-order valence-electron chi connectivity index (χ2n) is 7.68. The van der Waals surface area contributed by atoms with E-state index in [4.69, 9.17) is 9.84 Å². The van der Waals surface area contributed by atoms with Crippen LogP contribution in [0.1, 0.15) is 6.92 Å². The normalized spacial score (nSPS) is 17.4. The van der Waals surface area contributed by atoms with Gasteiger partial charge in [-0.1, -0.05) is 12.1 Å². The lowest BCUT2D eigenvalue weighted by molar-refractivity contribution is 0.0984. The van der Waals surface area contributed by atoms with Gasteiger partial charge in [0.15, 0.2) is 21.5 Å². The lowest BCUT2D eigenvalue weighted by Gasteiger charge is -2.34. The molecular formula is C21H22N6O3S. The number of nitrogens with zero attached hydrogens (tertiary/aromatic N) is 5. The maximum atomic E-state index is 11.9. The van der Waals surface area contributed by atoms with Crippen molar-refractivity contribution in [1.82, 2.24) is 24.8 Å². The number of anilines is 1. The molecule has 4 heterocycles. The van der Waals surface area contributed by atoms with Crippen molar-refractivity contribution in [2.24, 2.45) is 0 Å². The van der Waals surface area contributed by atoms with Gasteiger partial charge >= 0.3 is 0 Å². The summed E-state index contributed by atoms with van der Waals surface area (Å²) < 4.78 is 31.1. The van der Waals surface area contributed by atoms with Crippen LogP contribution in [0.25, 0.3) is 28.2 Å². The highest BCUT2D eigenvalue weighted by atomic mass is 32.2. The van der Waals surface area contributed by atoms with Crippen LogP contribution in [-0.2, 0) is 14.6 Å². The fourth-order valence-electron chi connectivity index (χ4n) is 3.85. The van der Waals surface area contributed by atoms with Crippen molar-refractivity contribution in [3.63, 3.8) is 0 Å². The van der Waals surface area contributed by atoms with Crippen molar-refractivity contribution >= 4 is 21.2 Å². The van der Waals surface area contributed by atoms with Gasteiger partial charge < -0.3 is 9.64 Å². The second-order valence-corrected chi connectivity index (χ2v) is 9.69. The Morgan fingerprint density at radius 2 is 2.00 bits per heavy atom. The van der Waals surface area contributed by atoms with Crippen LogP contribution in [0.5, 0.6) is 0 Å². The molecule has 0 saturated carbocycles. The molecule has 1 aliphatic heterocycles. The fraction of sp³-hybridized carbons (Fsp3) is 0.286. The third kappa shape index (κ3) is 3.57. The van der Waals surface area contributed by atoms with Crippen molar-refractivity contribution in [3.05, 3.63) is 48.8 Å². The summed E-state index contributed by atoms with van der Waals surface area (Å²) in [7, 11) is -3.27. The largest absolute Gasteiger partial charge is 0.377 e. The number of ether oxygens (including phenoxy) is 1. The first-order chi connectivity index (χ1) is 14.9. The Kier molecular flexibility index (Phi) is 4.75. The molecule has 4 aromatic rings. The molecule has 31 heavy (non-hydrogen) atoms. The minimum Gasteiger partial charge on any atom is -0.377 e. The number of hydrogen-bond acceptors (Lipinski definition) is 7. The van der Waals surface area contributed by atoms with Crippen molar-refractivity contribution in [1.29, 1.82) is 0 Å². The molecule has 1 fully saturated rings. The van der Waals surface area contributed by atoms with Crippen LogP contribution >= 0.6 is 0 Å². The fourth-order valence-corrected chi connectivity index (χ4v) is 4.48. The molecular weight excluding hydrogens is 416 g/mol. The zero-order chi connectivity index (χ0) is 21.6. The van der Waals surface area contributed by atoms with Gasteiger partial charge in [-0.25, -0.2) is 17.9 Å². The number of rotatable bonds is 4. The lowest BCUT2D eigenvalue weighted by atomic mass is 10.1. The summed E-state index contributed by atoms with van der Waals surface area (Å²) in [5.74, 6) is 1.47. The summed E-state index contributed by atoms with van der Waals surface area (Å²) in [5.41, 5.74) is 3.39. The van der Waals surface area contributed by atoms with E-state index >= 15 is 0 Å². The molecule has 5 rings (SSSR count). The van der Waals surface area contributed by atoms with Crippen LogP contribution in [0.15, 0.2) is 53.7 Å². The number of hydrogen-bond donors (Lipinski definition) is 1. The molecule has 0 amide bonds. The van der Waals surface area contributed by atoms with Gasteiger partial charge in [-0.2, -0.15) is 5.10 Å². The van der Waals surface area contributed by atoms with E-state index in [1.54, 1.807) is 24.5 Å². The highest BCUT2D eigenvalue weighted by Gasteiger charge is 2.23. The summed E-state index contributed by atoms with van der Waals surface area (Å²) >= 11 is 0. The summed E-state index contributed by atoms with van der Waals surface area (Å²) in [5, 5.41) is 11.9. The smallest absolute Gasteiger partial charge is 0.179 e. The Balaban J connectivity index is 1.71. The Bertz CT molecular complexity index is 1330. The van der Waals surface area contributed by atoms with Gasteiger partial charge in [0.1, 0.15) is 5.69 Å². The number of H-pyrrole nitrogens is 1. The van der Waals surface area contributed by atoms with E-state index in [0.29, 0.717) is 19.0 Å². The molecule has 3 aromatic heterocycles. The SMILES string of the molecule is C[C@@H]1COCCN1c1cc(-c2ccc(S(C)(=O)=O)cc2)c2cnc(-c3ccn[nH]3)n2n1. The maximum absolute atomic E-state index is 11.9. The van der Waals surface area contributed by atoms with E-state index in [0.717, 1.165) is 34.7 Å². The zero-order valence-corrected chi connectivity index (χ0v) is 18.0. The standard InChI is InChI=1S/C21H22N6O3S/c1-14-13-30-10-9-26(14)20-11-17(15-3-5-16(6-4-15)31(2,28)29)19-12-22-21(27(19)25-20)18-7-8-23-24-18/h3-8,11-12,14H,9-10,13H2,1-2H3,(H,23,24)/t14-/m1/s1. The van der Waals surface area contributed by atoms with Crippen LogP contribution in [0.3, 0.4) is 0 Å². The third-order valence-corrected chi connectivity index (χ3v) is 6.62. The monoisotopic (exact) mass is 438 g/mol. The van der Waals surface area contributed by atoms with E-state index in [2.05, 4.69) is 27.0 Å². The van der Waals surface area contributed by atoms with E-state index < -0.39 is 9.84 Å². The van der Waals surface area contributed by atoms with Gasteiger partial charge in [0, 0.05) is 24.6 Å². The highest BCUT2D eigenvalue weighted by molar-refractivity contribution is 7.90. The molecule has 0 unspecified atom stereocenters. The second kappa shape index (κ2) is 7.47. The predicted octanol–water partition coefficient (Wildman–Crippen LogP) is 2.42. The maximum Gasteiger partial charge on any atom is 0.179 e. The van der Waals surface area contributed by atoms with Gasteiger partial charge in [-0.05, 0) is 36.8 Å². The molecule has 160 valence electrons. The first kappa shape index (κ1) is 19.7.